The molecule has 4 nitrogen and oxygen atoms in total. The monoisotopic (exact) mass is 296 g/mol. The molecule has 1 heterocycles. The molecule has 0 fully saturated rings. The number of benzene rings is 1. The highest BCUT2D eigenvalue weighted by atomic mass is 35.5. The van der Waals surface area contributed by atoms with Gasteiger partial charge in [-0.15, -0.1) is 23.7 Å². The highest BCUT2D eigenvalue weighted by molar-refractivity contribution is 7.10. The van der Waals surface area contributed by atoms with Gasteiger partial charge < -0.3 is 15.6 Å². The van der Waals surface area contributed by atoms with E-state index in [1.165, 1.54) is 18.4 Å². The number of hydrogen-bond acceptors (Lipinski definition) is 5. The Balaban J connectivity index is 0.00000180. The Morgan fingerprint density at radius 3 is 2.68 bits per heavy atom. The van der Waals surface area contributed by atoms with Crippen molar-refractivity contribution in [3.05, 3.63) is 45.6 Å². The van der Waals surface area contributed by atoms with Crippen molar-refractivity contribution in [2.75, 3.05) is 7.11 Å². The Kier molecular flexibility index (Phi) is 5.19. The third-order valence-electron chi connectivity index (χ3n) is 2.68. The van der Waals surface area contributed by atoms with Crippen molar-refractivity contribution < 1.29 is 9.84 Å². The molecule has 0 amide bonds. The molecule has 3 N–H and O–H groups in total. The van der Waals surface area contributed by atoms with E-state index in [-0.39, 0.29) is 18.2 Å². The molecule has 1 aromatic heterocycles. The summed E-state index contributed by atoms with van der Waals surface area (Å²) in [5.74, 6) is 0.244. The second-order valence-corrected chi connectivity index (χ2v) is 4.66. The fourth-order valence-corrected chi connectivity index (χ4v) is 2.51. The summed E-state index contributed by atoms with van der Waals surface area (Å²) >= 11 is 1.48. The number of methoxy groups -OCH3 is 1. The Morgan fingerprint density at radius 2 is 2.16 bits per heavy atom. The Morgan fingerprint density at radius 1 is 1.42 bits per heavy atom. The molecule has 1 atom stereocenters. The van der Waals surface area contributed by atoms with E-state index in [4.69, 9.17) is 15.7 Å². The van der Waals surface area contributed by atoms with Crippen LogP contribution in [-0.4, -0.2) is 12.2 Å². The Hall–Kier alpha value is -1.74. The number of hydrogen-bond donors (Lipinski definition) is 2. The molecule has 6 heteroatoms. The fourth-order valence-electron chi connectivity index (χ4n) is 1.78. The smallest absolute Gasteiger partial charge is 0.164 e. The molecule has 0 spiro atoms. The van der Waals surface area contributed by atoms with Crippen molar-refractivity contribution in [1.82, 2.24) is 0 Å². The lowest BCUT2D eigenvalue weighted by molar-refractivity contribution is 0.369. The van der Waals surface area contributed by atoms with Gasteiger partial charge in [0.2, 0.25) is 0 Å². The van der Waals surface area contributed by atoms with Crippen molar-refractivity contribution in [3.8, 4) is 17.6 Å². The quantitative estimate of drug-likeness (QED) is 0.913. The summed E-state index contributed by atoms with van der Waals surface area (Å²) in [6.07, 6.45) is 0. The maximum absolute atomic E-state index is 10.1. The van der Waals surface area contributed by atoms with Gasteiger partial charge in [-0.2, -0.15) is 5.26 Å². The van der Waals surface area contributed by atoms with Crippen LogP contribution in [0.1, 0.15) is 22.0 Å². The summed E-state index contributed by atoms with van der Waals surface area (Å²) in [5.41, 5.74) is 6.86. The lowest BCUT2D eigenvalue weighted by Gasteiger charge is -2.15. The molecule has 0 saturated heterocycles. The molecule has 100 valence electrons. The van der Waals surface area contributed by atoms with Crippen LogP contribution in [0.15, 0.2) is 29.6 Å². The first-order chi connectivity index (χ1) is 8.69. The normalized spacial score (nSPS) is 11.2. The molecule has 0 unspecified atom stereocenters. The van der Waals surface area contributed by atoms with Crippen LogP contribution in [0.5, 0.6) is 11.5 Å². The summed E-state index contributed by atoms with van der Waals surface area (Å²) in [6, 6.07) is 8.41. The second kappa shape index (κ2) is 6.43. The summed E-state index contributed by atoms with van der Waals surface area (Å²) in [6.45, 7) is 0. The van der Waals surface area contributed by atoms with Gasteiger partial charge in [0.25, 0.3) is 0 Å². The third-order valence-corrected chi connectivity index (χ3v) is 3.64. The minimum absolute atomic E-state index is 0. The van der Waals surface area contributed by atoms with E-state index in [0.717, 1.165) is 4.88 Å². The number of phenols is 1. The second-order valence-electron chi connectivity index (χ2n) is 3.68. The molecule has 0 saturated carbocycles. The average molecular weight is 297 g/mol. The van der Waals surface area contributed by atoms with Gasteiger partial charge in [-0.05, 0) is 23.6 Å². The number of nitriles is 1. The molecule has 0 bridgehead atoms. The number of aromatic hydroxyl groups is 1. The van der Waals surface area contributed by atoms with Gasteiger partial charge in [0, 0.05) is 10.4 Å². The molecule has 0 radical (unpaired) electrons. The average Bonchev–Trinajstić information content (AvgIpc) is 2.91. The summed E-state index contributed by atoms with van der Waals surface area (Å²) in [7, 11) is 1.46. The first kappa shape index (κ1) is 15.3. The largest absolute Gasteiger partial charge is 0.504 e. The van der Waals surface area contributed by atoms with Gasteiger partial charge in [-0.25, -0.2) is 0 Å². The van der Waals surface area contributed by atoms with Gasteiger partial charge in [0.1, 0.15) is 0 Å². The summed E-state index contributed by atoms with van der Waals surface area (Å²) in [5, 5.41) is 21.1. The number of nitrogens with zero attached hydrogens (tertiary/aromatic N) is 1. The molecule has 1 aromatic carbocycles. The van der Waals surface area contributed by atoms with Crippen LogP contribution in [0, 0.1) is 11.3 Å². The standard InChI is InChI=1S/C13H12N2O2S.ClH/c1-17-9-5-4-8(7-14)11(13(9)16)12(15)10-3-2-6-18-10;/h2-6,12,16H,15H2,1H3;1H/t12-;/m1./s1. The number of halogens is 1. The van der Waals surface area contributed by atoms with Crippen LogP contribution in [0.4, 0.5) is 0 Å². The molecular formula is C13H13ClN2O2S. The van der Waals surface area contributed by atoms with Crippen LogP contribution in [0.25, 0.3) is 0 Å². The number of thiophene rings is 1. The lowest BCUT2D eigenvalue weighted by atomic mass is 9.98. The number of nitrogens with two attached hydrogens (primary N) is 1. The van der Waals surface area contributed by atoms with Crippen LogP contribution < -0.4 is 10.5 Å². The van der Waals surface area contributed by atoms with Gasteiger partial charge >= 0.3 is 0 Å². The predicted molar refractivity (Wildman–Crippen MR) is 77.0 cm³/mol. The third kappa shape index (κ3) is 2.82. The molecule has 2 rings (SSSR count). The molecule has 2 aromatic rings. The van der Waals surface area contributed by atoms with Crippen LogP contribution in [-0.2, 0) is 0 Å². The Bertz CT molecular complexity index is 593. The van der Waals surface area contributed by atoms with E-state index in [1.807, 2.05) is 23.6 Å². The SMILES string of the molecule is COc1ccc(C#N)c([C@H](N)c2cccs2)c1O.Cl. The number of ether oxygens (including phenoxy) is 1. The molecular weight excluding hydrogens is 284 g/mol. The highest BCUT2D eigenvalue weighted by Gasteiger charge is 2.21. The van der Waals surface area contributed by atoms with Gasteiger partial charge in [0.05, 0.1) is 24.8 Å². The minimum atomic E-state index is -0.533. The van der Waals surface area contributed by atoms with Crippen LogP contribution in [0.3, 0.4) is 0 Å². The van der Waals surface area contributed by atoms with Gasteiger partial charge in [-0.3, -0.25) is 0 Å². The van der Waals surface area contributed by atoms with Gasteiger partial charge in [0.15, 0.2) is 11.5 Å². The van der Waals surface area contributed by atoms with Crippen molar-refractivity contribution in [2.45, 2.75) is 6.04 Å². The lowest BCUT2D eigenvalue weighted by Crippen LogP contribution is -2.12. The van der Waals surface area contributed by atoms with Crippen molar-refractivity contribution in [3.63, 3.8) is 0 Å². The maximum Gasteiger partial charge on any atom is 0.164 e. The zero-order chi connectivity index (χ0) is 13.1. The molecule has 19 heavy (non-hydrogen) atoms. The minimum Gasteiger partial charge on any atom is -0.504 e. The van der Waals surface area contributed by atoms with Crippen LogP contribution >= 0.6 is 23.7 Å². The first-order valence-corrected chi connectivity index (χ1v) is 6.16. The van der Waals surface area contributed by atoms with E-state index >= 15 is 0 Å². The van der Waals surface area contributed by atoms with E-state index in [9.17, 15) is 5.11 Å². The molecule has 0 aliphatic heterocycles. The first-order valence-electron chi connectivity index (χ1n) is 5.28. The fraction of sp³-hybridized carbons (Fsp3) is 0.154. The van der Waals surface area contributed by atoms with Crippen molar-refractivity contribution in [1.29, 1.82) is 5.26 Å². The molecule has 0 aliphatic carbocycles. The summed E-state index contributed by atoms with van der Waals surface area (Å²) in [4.78, 5) is 0.884. The predicted octanol–water partition coefficient (Wildman–Crippen LogP) is 2.80. The molecule has 0 aliphatic rings. The van der Waals surface area contributed by atoms with E-state index in [0.29, 0.717) is 16.9 Å². The van der Waals surface area contributed by atoms with E-state index in [2.05, 4.69) is 0 Å². The Labute approximate surface area is 121 Å². The number of rotatable bonds is 3. The number of phenolic OH excluding ortho intramolecular Hbond substituents is 1. The van der Waals surface area contributed by atoms with Crippen molar-refractivity contribution >= 4 is 23.7 Å². The maximum atomic E-state index is 10.1. The highest BCUT2D eigenvalue weighted by Crippen LogP contribution is 2.38. The topological polar surface area (TPSA) is 79.3 Å². The zero-order valence-corrected chi connectivity index (χ0v) is 11.8. The van der Waals surface area contributed by atoms with E-state index < -0.39 is 6.04 Å². The van der Waals surface area contributed by atoms with Crippen LogP contribution in [0.2, 0.25) is 0 Å². The summed E-state index contributed by atoms with van der Waals surface area (Å²) < 4.78 is 5.04. The van der Waals surface area contributed by atoms with E-state index in [1.54, 1.807) is 12.1 Å². The zero-order valence-electron chi connectivity index (χ0n) is 10.2. The van der Waals surface area contributed by atoms with Crippen molar-refractivity contribution in [2.24, 2.45) is 5.73 Å². The van der Waals surface area contributed by atoms with Gasteiger partial charge in [-0.1, -0.05) is 6.07 Å².